The summed E-state index contributed by atoms with van der Waals surface area (Å²) in [5, 5.41) is 0. The average molecular weight is 332 g/mol. The first kappa shape index (κ1) is 14.0. The summed E-state index contributed by atoms with van der Waals surface area (Å²) >= 11 is 3.32. The Hall–Kier alpha value is -0.390. The molecule has 0 aliphatic carbocycles. The molecule has 18 heavy (non-hydrogen) atoms. The molecular formula is C13H18BrNO2S. The number of rotatable bonds is 3. The SMILES string of the molecule is CN1CCC(CS(=O)(=O)c2ccc(Br)cc2)CC1. The number of sulfone groups is 1. The number of likely N-dealkylation sites (tertiary alicyclic amines) is 1. The summed E-state index contributed by atoms with van der Waals surface area (Å²) in [6.45, 7) is 2.00. The van der Waals surface area contributed by atoms with Crippen molar-refractivity contribution in [1.82, 2.24) is 4.90 Å². The van der Waals surface area contributed by atoms with Crippen molar-refractivity contribution in [2.45, 2.75) is 17.7 Å². The van der Waals surface area contributed by atoms with Crippen LogP contribution in [-0.2, 0) is 9.84 Å². The van der Waals surface area contributed by atoms with Crippen molar-refractivity contribution < 1.29 is 8.42 Å². The molecule has 0 amide bonds. The fraction of sp³-hybridized carbons (Fsp3) is 0.538. The van der Waals surface area contributed by atoms with Gasteiger partial charge in [-0.3, -0.25) is 0 Å². The summed E-state index contributed by atoms with van der Waals surface area (Å²) in [5.41, 5.74) is 0. The molecule has 0 unspecified atom stereocenters. The highest BCUT2D eigenvalue weighted by molar-refractivity contribution is 9.10. The van der Waals surface area contributed by atoms with Gasteiger partial charge in [-0.05, 0) is 63.2 Å². The minimum Gasteiger partial charge on any atom is -0.306 e. The van der Waals surface area contributed by atoms with E-state index in [1.807, 2.05) is 0 Å². The molecule has 2 rings (SSSR count). The quantitative estimate of drug-likeness (QED) is 0.854. The van der Waals surface area contributed by atoms with Crippen molar-refractivity contribution in [1.29, 1.82) is 0 Å². The van der Waals surface area contributed by atoms with Crippen molar-refractivity contribution in [3.8, 4) is 0 Å². The second kappa shape index (κ2) is 5.72. The lowest BCUT2D eigenvalue weighted by Crippen LogP contribution is -2.33. The van der Waals surface area contributed by atoms with Gasteiger partial charge in [0, 0.05) is 4.47 Å². The third-order valence-electron chi connectivity index (χ3n) is 3.47. The number of halogens is 1. The topological polar surface area (TPSA) is 37.4 Å². The van der Waals surface area contributed by atoms with Crippen LogP contribution in [0.15, 0.2) is 33.6 Å². The normalized spacial score (nSPS) is 19.0. The van der Waals surface area contributed by atoms with Crippen molar-refractivity contribution in [3.63, 3.8) is 0 Å². The molecule has 1 aromatic rings. The van der Waals surface area contributed by atoms with Gasteiger partial charge < -0.3 is 4.90 Å². The van der Waals surface area contributed by atoms with Gasteiger partial charge in [0.25, 0.3) is 0 Å². The van der Waals surface area contributed by atoms with Gasteiger partial charge in [0.05, 0.1) is 10.6 Å². The van der Waals surface area contributed by atoms with E-state index in [4.69, 9.17) is 0 Å². The zero-order valence-electron chi connectivity index (χ0n) is 10.5. The van der Waals surface area contributed by atoms with Gasteiger partial charge in [-0.15, -0.1) is 0 Å². The maximum Gasteiger partial charge on any atom is 0.178 e. The van der Waals surface area contributed by atoms with Gasteiger partial charge in [-0.1, -0.05) is 15.9 Å². The summed E-state index contributed by atoms with van der Waals surface area (Å²) in [7, 11) is -1.05. The van der Waals surface area contributed by atoms with Crippen LogP contribution in [0.2, 0.25) is 0 Å². The largest absolute Gasteiger partial charge is 0.306 e. The number of hydrogen-bond acceptors (Lipinski definition) is 3. The summed E-state index contributed by atoms with van der Waals surface area (Å²) < 4.78 is 25.4. The molecule has 0 aromatic heterocycles. The van der Waals surface area contributed by atoms with E-state index >= 15 is 0 Å². The molecule has 1 aliphatic rings. The van der Waals surface area contributed by atoms with E-state index in [1.165, 1.54) is 0 Å². The molecule has 0 N–H and O–H groups in total. The Kier molecular flexibility index (Phi) is 4.45. The lowest BCUT2D eigenvalue weighted by atomic mass is 10.00. The molecule has 1 fully saturated rings. The second-order valence-electron chi connectivity index (χ2n) is 4.98. The van der Waals surface area contributed by atoms with Gasteiger partial charge >= 0.3 is 0 Å². The van der Waals surface area contributed by atoms with Crippen molar-refractivity contribution >= 4 is 25.8 Å². The van der Waals surface area contributed by atoms with Crippen LogP contribution in [0.5, 0.6) is 0 Å². The summed E-state index contributed by atoms with van der Waals surface area (Å²) in [5.74, 6) is 0.581. The molecule has 100 valence electrons. The number of nitrogens with zero attached hydrogens (tertiary/aromatic N) is 1. The maximum atomic E-state index is 12.3. The van der Waals surface area contributed by atoms with Gasteiger partial charge in [-0.2, -0.15) is 0 Å². The second-order valence-corrected chi connectivity index (χ2v) is 7.93. The Morgan fingerprint density at radius 3 is 2.33 bits per heavy atom. The standard InChI is InChI=1S/C13H18BrNO2S/c1-15-8-6-11(7-9-15)10-18(16,17)13-4-2-12(14)3-5-13/h2-5,11H,6-10H2,1H3. The molecule has 1 saturated heterocycles. The van der Waals surface area contributed by atoms with E-state index in [9.17, 15) is 8.42 Å². The van der Waals surface area contributed by atoms with Crippen molar-refractivity contribution in [3.05, 3.63) is 28.7 Å². The van der Waals surface area contributed by atoms with Crippen LogP contribution in [0.25, 0.3) is 0 Å². The molecule has 3 nitrogen and oxygen atoms in total. The van der Waals surface area contributed by atoms with Crippen LogP contribution in [0.3, 0.4) is 0 Å². The summed E-state index contributed by atoms with van der Waals surface area (Å²) in [6, 6.07) is 6.91. The molecule has 0 atom stereocenters. The Morgan fingerprint density at radius 2 is 1.78 bits per heavy atom. The van der Waals surface area contributed by atoms with Gasteiger partial charge in [0.2, 0.25) is 0 Å². The molecule has 0 spiro atoms. The Balaban J connectivity index is 2.05. The Bertz CT molecular complexity index is 490. The van der Waals surface area contributed by atoms with Crippen LogP contribution in [-0.4, -0.2) is 39.2 Å². The Labute approximate surface area is 117 Å². The monoisotopic (exact) mass is 331 g/mol. The minimum atomic E-state index is -3.13. The number of hydrogen-bond donors (Lipinski definition) is 0. The number of benzene rings is 1. The molecule has 1 heterocycles. The van der Waals surface area contributed by atoms with Gasteiger partial charge in [0.15, 0.2) is 9.84 Å². The van der Waals surface area contributed by atoms with Gasteiger partial charge in [-0.25, -0.2) is 8.42 Å². The van der Waals surface area contributed by atoms with Crippen molar-refractivity contribution in [2.75, 3.05) is 25.9 Å². The number of piperidine rings is 1. The smallest absolute Gasteiger partial charge is 0.178 e. The molecule has 5 heteroatoms. The lowest BCUT2D eigenvalue weighted by Gasteiger charge is -2.28. The highest BCUT2D eigenvalue weighted by atomic mass is 79.9. The van der Waals surface area contributed by atoms with E-state index < -0.39 is 9.84 Å². The zero-order valence-corrected chi connectivity index (χ0v) is 12.9. The zero-order chi connectivity index (χ0) is 13.2. The summed E-state index contributed by atoms with van der Waals surface area (Å²) in [6.07, 6.45) is 1.96. The highest BCUT2D eigenvalue weighted by Crippen LogP contribution is 2.23. The Morgan fingerprint density at radius 1 is 1.22 bits per heavy atom. The van der Waals surface area contributed by atoms with E-state index in [2.05, 4.69) is 27.9 Å². The van der Waals surface area contributed by atoms with E-state index in [0.29, 0.717) is 10.8 Å². The van der Waals surface area contributed by atoms with Crippen molar-refractivity contribution in [2.24, 2.45) is 5.92 Å². The van der Waals surface area contributed by atoms with Crippen LogP contribution < -0.4 is 0 Å². The minimum absolute atomic E-state index is 0.280. The molecule has 0 saturated carbocycles. The predicted molar refractivity (Wildman–Crippen MR) is 76.4 cm³/mol. The third kappa shape index (κ3) is 3.56. The van der Waals surface area contributed by atoms with Crippen LogP contribution in [0.4, 0.5) is 0 Å². The highest BCUT2D eigenvalue weighted by Gasteiger charge is 2.24. The maximum absolute atomic E-state index is 12.3. The first-order valence-corrected chi connectivity index (χ1v) is 8.59. The van der Waals surface area contributed by atoms with Gasteiger partial charge in [0.1, 0.15) is 0 Å². The van der Waals surface area contributed by atoms with E-state index in [0.717, 1.165) is 30.4 Å². The van der Waals surface area contributed by atoms with E-state index in [-0.39, 0.29) is 5.75 Å². The van der Waals surface area contributed by atoms with Crippen LogP contribution in [0.1, 0.15) is 12.8 Å². The first-order valence-electron chi connectivity index (χ1n) is 6.14. The molecule has 0 bridgehead atoms. The summed E-state index contributed by atoms with van der Waals surface area (Å²) in [4.78, 5) is 2.69. The first-order chi connectivity index (χ1) is 8.47. The fourth-order valence-electron chi connectivity index (χ4n) is 2.28. The molecule has 1 aromatic carbocycles. The lowest BCUT2D eigenvalue weighted by molar-refractivity contribution is 0.231. The van der Waals surface area contributed by atoms with Crippen LogP contribution >= 0.6 is 15.9 Å². The van der Waals surface area contributed by atoms with Crippen LogP contribution in [0, 0.1) is 5.92 Å². The molecular weight excluding hydrogens is 314 g/mol. The fourth-order valence-corrected chi connectivity index (χ4v) is 4.24. The predicted octanol–water partition coefficient (Wildman–Crippen LogP) is 2.56. The average Bonchev–Trinajstić information content (AvgIpc) is 2.32. The molecule has 1 aliphatic heterocycles. The van der Waals surface area contributed by atoms with E-state index in [1.54, 1.807) is 24.3 Å². The third-order valence-corrected chi connectivity index (χ3v) is 5.90. The molecule has 0 radical (unpaired) electrons.